The maximum Gasteiger partial charge on any atom is 0.341 e. The van der Waals surface area contributed by atoms with Crippen LogP contribution in [0.15, 0.2) is 12.3 Å². The largest absolute Gasteiger partial charge is 0.465 e. The van der Waals surface area contributed by atoms with E-state index in [1.54, 1.807) is 0 Å². The fourth-order valence-corrected chi connectivity index (χ4v) is 1.08. The van der Waals surface area contributed by atoms with Crippen LogP contribution in [-0.4, -0.2) is 30.6 Å². The number of hydrogen-bond donors (Lipinski definition) is 2. The van der Waals surface area contributed by atoms with E-state index < -0.39 is 17.8 Å². The Bertz CT molecular complexity index is 511. The number of esters is 1. The Morgan fingerprint density at radius 2 is 2.33 bits per heavy atom. The molecule has 1 aromatic heterocycles. The van der Waals surface area contributed by atoms with Crippen molar-refractivity contribution in [2.45, 2.75) is 0 Å². The lowest BCUT2D eigenvalue weighted by molar-refractivity contribution is 0.0595. The van der Waals surface area contributed by atoms with Gasteiger partial charge in [-0.15, -0.1) is 6.42 Å². The number of nitrogens with zero attached hydrogens (tertiary/aromatic N) is 1. The van der Waals surface area contributed by atoms with Crippen molar-refractivity contribution in [2.24, 2.45) is 0 Å². The highest BCUT2D eigenvalue weighted by Gasteiger charge is 2.17. The second-order valence-corrected chi connectivity index (χ2v) is 3.02. The van der Waals surface area contributed by atoms with E-state index in [1.807, 2.05) is 0 Å². The van der Waals surface area contributed by atoms with Crippen LogP contribution in [0.5, 0.6) is 0 Å². The number of aromatic nitrogens is 1. The van der Waals surface area contributed by atoms with Gasteiger partial charge in [0.15, 0.2) is 11.6 Å². The number of halogens is 1. The van der Waals surface area contributed by atoms with Crippen molar-refractivity contribution in [3.8, 4) is 12.3 Å². The first-order valence-corrected chi connectivity index (χ1v) is 4.81. The molecule has 94 valence electrons. The quantitative estimate of drug-likeness (QED) is 0.614. The zero-order valence-electron chi connectivity index (χ0n) is 9.49. The van der Waals surface area contributed by atoms with Crippen LogP contribution < -0.4 is 10.6 Å². The normalized spacial score (nSPS) is 9.17. The van der Waals surface area contributed by atoms with Gasteiger partial charge in [-0.1, -0.05) is 5.92 Å². The SMILES string of the molecule is C#CCNC(=O)Nc1nccc(C(=O)OC)c1F. The first-order chi connectivity index (χ1) is 8.60. The molecule has 2 N–H and O–H groups in total. The number of hydrogen-bond acceptors (Lipinski definition) is 4. The van der Waals surface area contributed by atoms with Gasteiger partial charge in [0, 0.05) is 6.20 Å². The molecule has 0 aliphatic carbocycles. The van der Waals surface area contributed by atoms with Gasteiger partial charge < -0.3 is 10.1 Å². The van der Waals surface area contributed by atoms with Crippen LogP contribution in [0.4, 0.5) is 15.0 Å². The molecule has 18 heavy (non-hydrogen) atoms. The van der Waals surface area contributed by atoms with E-state index in [4.69, 9.17) is 6.42 Å². The van der Waals surface area contributed by atoms with Crippen LogP contribution in [0.25, 0.3) is 0 Å². The second kappa shape index (κ2) is 6.20. The molecule has 0 bridgehead atoms. The molecule has 0 aliphatic rings. The monoisotopic (exact) mass is 251 g/mol. The Labute approximate surface area is 103 Å². The highest BCUT2D eigenvalue weighted by atomic mass is 19.1. The zero-order valence-corrected chi connectivity index (χ0v) is 9.49. The number of pyridine rings is 1. The Hall–Kier alpha value is -2.62. The molecule has 0 atom stereocenters. The Morgan fingerprint density at radius 1 is 1.61 bits per heavy atom. The number of amides is 2. The van der Waals surface area contributed by atoms with E-state index in [9.17, 15) is 14.0 Å². The lowest BCUT2D eigenvalue weighted by Gasteiger charge is -2.07. The van der Waals surface area contributed by atoms with Gasteiger partial charge in [-0.25, -0.2) is 19.0 Å². The van der Waals surface area contributed by atoms with E-state index in [-0.39, 0.29) is 17.9 Å². The van der Waals surface area contributed by atoms with Gasteiger partial charge in [-0.3, -0.25) is 5.32 Å². The summed E-state index contributed by atoms with van der Waals surface area (Å²) < 4.78 is 18.1. The van der Waals surface area contributed by atoms with Crippen LogP contribution in [0, 0.1) is 18.2 Å². The fourth-order valence-electron chi connectivity index (χ4n) is 1.08. The molecule has 0 unspecified atom stereocenters. The van der Waals surface area contributed by atoms with Crippen molar-refractivity contribution in [3.05, 3.63) is 23.6 Å². The van der Waals surface area contributed by atoms with Gasteiger partial charge in [0.25, 0.3) is 0 Å². The lowest BCUT2D eigenvalue weighted by Crippen LogP contribution is -2.29. The molecule has 0 saturated carbocycles. The Balaban J connectivity index is 2.88. The summed E-state index contributed by atoms with van der Waals surface area (Å²) in [6.45, 7) is -0.00978. The van der Waals surface area contributed by atoms with Gasteiger partial charge in [0.1, 0.15) is 5.56 Å². The maximum atomic E-state index is 13.7. The molecule has 0 spiro atoms. The summed E-state index contributed by atoms with van der Waals surface area (Å²) in [6.07, 6.45) is 6.11. The van der Waals surface area contributed by atoms with E-state index in [1.165, 1.54) is 6.20 Å². The average molecular weight is 251 g/mol. The molecule has 7 heteroatoms. The number of carbonyl (C=O) groups excluding carboxylic acids is 2. The molecule has 0 radical (unpaired) electrons. The predicted octanol–water partition coefficient (Wildman–Crippen LogP) is 0.762. The third-order valence-corrected chi connectivity index (χ3v) is 1.88. The smallest absolute Gasteiger partial charge is 0.341 e. The molecule has 1 aromatic rings. The van der Waals surface area contributed by atoms with Crippen molar-refractivity contribution < 1.29 is 18.7 Å². The van der Waals surface area contributed by atoms with Gasteiger partial charge in [-0.05, 0) is 6.07 Å². The van der Waals surface area contributed by atoms with Gasteiger partial charge in [-0.2, -0.15) is 0 Å². The summed E-state index contributed by atoms with van der Waals surface area (Å²) >= 11 is 0. The highest BCUT2D eigenvalue weighted by Crippen LogP contribution is 2.15. The number of terminal acetylenes is 1. The topological polar surface area (TPSA) is 80.3 Å². The number of urea groups is 1. The highest BCUT2D eigenvalue weighted by molar-refractivity contribution is 5.93. The molecule has 0 aromatic carbocycles. The van der Waals surface area contributed by atoms with Crippen molar-refractivity contribution in [1.82, 2.24) is 10.3 Å². The molecule has 2 amide bonds. The van der Waals surface area contributed by atoms with Crippen molar-refractivity contribution >= 4 is 17.8 Å². The predicted molar refractivity (Wildman–Crippen MR) is 61.4 cm³/mol. The van der Waals surface area contributed by atoms with E-state index in [0.29, 0.717) is 0 Å². The van der Waals surface area contributed by atoms with Crippen molar-refractivity contribution in [3.63, 3.8) is 0 Å². The van der Waals surface area contributed by atoms with Crippen LogP contribution in [0.2, 0.25) is 0 Å². The molecule has 0 aliphatic heterocycles. The maximum absolute atomic E-state index is 13.7. The molecule has 6 nitrogen and oxygen atoms in total. The number of ether oxygens (including phenoxy) is 1. The van der Waals surface area contributed by atoms with Crippen LogP contribution in [-0.2, 0) is 4.74 Å². The second-order valence-electron chi connectivity index (χ2n) is 3.02. The Kier molecular flexibility index (Phi) is 4.63. The van der Waals surface area contributed by atoms with Crippen molar-refractivity contribution in [1.29, 1.82) is 0 Å². The van der Waals surface area contributed by atoms with E-state index in [0.717, 1.165) is 13.2 Å². The number of anilines is 1. The summed E-state index contributed by atoms with van der Waals surface area (Å²) in [4.78, 5) is 26.0. The molecular formula is C11H10FN3O3. The summed E-state index contributed by atoms with van der Waals surface area (Å²) in [6, 6.07) is 0.424. The molecule has 1 rings (SSSR count). The standard InChI is InChI=1S/C11H10FN3O3/c1-3-5-14-11(17)15-9-8(12)7(4-6-13-9)10(16)18-2/h1,4,6H,5H2,2H3,(H2,13,14,15,17). The fraction of sp³-hybridized carbons (Fsp3) is 0.182. The van der Waals surface area contributed by atoms with E-state index >= 15 is 0 Å². The van der Waals surface area contributed by atoms with Crippen molar-refractivity contribution in [2.75, 3.05) is 19.0 Å². The molecular weight excluding hydrogens is 241 g/mol. The summed E-state index contributed by atoms with van der Waals surface area (Å²) in [7, 11) is 1.12. The van der Waals surface area contributed by atoms with Crippen LogP contribution >= 0.6 is 0 Å². The minimum Gasteiger partial charge on any atom is -0.465 e. The summed E-state index contributed by atoms with van der Waals surface area (Å²) in [5, 5.41) is 4.39. The number of nitrogens with one attached hydrogen (secondary N) is 2. The Morgan fingerprint density at radius 3 is 2.94 bits per heavy atom. The first-order valence-electron chi connectivity index (χ1n) is 4.81. The van der Waals surface area contributed by atoms with Gasteiger partial charge >= 0.3 is 12.0 Å². The minimum absolute atomic E-state index is 0.00978. The third kappa shape index (κ3) is 3.18. The molecule has 1 heterocycles. The zero-order chi connectivity index (χ0) is 13.5. The summed E-state index contributed by atoms with van der Waals surface area (Å²) in [5.74, 6) is -0.0358. The first kappa shape index (κ1) is 13.4. The molecule has 0 saturated heterocycles. The molecule has 0 fully saturated rings. The van der Waals surface area contributed by atoms with E-state index in [2.05, 4.69) is 26.3 Å². The number of methoxy groups -OCH3 is 1. The minimum atomic E-state index is -0.972. The van der Waals surface area contributed by atoms with Crippen LogP contribution in [0.1, 0.15) is 10.4 Å². The average Bonchev–Trinajstić information content (AvgIpc) is 2.38. The van der Waals surface area contributed by atoms with Crippen LogP contribution in [0.3, 0.4) is 0 Å². The third-order valence-electron chi connectivity index (χ3n) is 1.88. The number of carbonyl (C=O) groups is 2. The number of rotatable bonds is 3. The lowest BCUT2D eigenvalue weighted by atomic mass is 10.2. The van der Waals surface area contributed by atoms with Gasteiger partial charge in [0.05, 0.1) is 13.7 Å². The van der Waals surface area contributed by atoms with Gasteiger partial charge in [0.2, 0.25) is 0 Å². The summed E-state index contributed by atoms with van der Waals surface area (Å²) in [5.41, 5.74) is -0.320.